The lowest BCUT2D eigenvalue weighted by Gasteiger charge is -2.08. The Hall–Kier alpha value is -1.88. The number of carbonyl (C=O) groups is 1. The topological polar surface area (TPSA) is 38.3 Å². The van der Waals surface area contributed by atoms with E-state index in [0.29, 0.717) is 23.0 Å². The number of amides is 1. The molecule has 2 rings (SSSR count). The van der Waals surface area contributed by atoms with E-state index in [1.54, 1.807) is 12.1 Å². The van der Waals surface area contributed by atoms with Gasteiger partial charge in [0.1, 0.15) is 12.4 Å². The number of hydrogen-bond acceptors (Lipinski definition) is 2. The van der Waals surface area contributed by atoms with Gasteiger partial charge in [0.2, 0.25) is 0 Å². The van der Waals surface area contributed by atoms with Crippen LogP contribution >= 0.6 is 15.9 Å². The van der Waals surface area contributed by atoms with Gasteiger partial charge in [0.15, 0.2) is 0 Å². The van der Waals surface area contributed by atoms with E-state index >= 15 is 0 Å². The lowest BCUT2D eigenvalue weighted by atomic mass is 10.1. The molecule has 0 aliphatic carbocycles. The zero-order chi connectivity index (χ0) is 15.1. The highest BCUT2D eigenvalue weighted by Gasteiger charge is 2.07. The zero-order valence-electron chi connectivity index (χ0n) is 11.3. The second kappa shape index (κ2) is 7.78. The molecular formula is C16H15BrFNO2. The molecule has 2 aromatic rings. The first kappa shape index (κ1) is 15.5. The van der Waals surface area contributed by atoms with Gasteiger partial charge in [-0.1, -0.05) is 52.3 Å². The Kier molecular flexibility index (Phi) is 5.75. The van der Waals surface area contributed by atoms with E-state index in [9.17, 15) is 9.18 Å². The quantitative estimate of drug-likeness (QED) is 0.882. The average Bonchev–Trinajstić information content (AvgIpc) is 2.49. The van der Waals surface area contributed by atoms with E-state index in [2.05, 4.69) is 21.2 Å². The van der Waals surface area contributed by atoms with E-state index < -0.39 is 6.09 Å². The van der Waals surface area contributed by atoms with Gasteiger partial charge in [-0.2, -0.15) is 0 Å². The first-order valence-electron chi connectivity index (χ1n) is 6.54. The van der Waals surface area contributed by atoms with Crippen molar-refractivity contribution in [1.82, 2.24) is 5.32 Å². The van der Waals surface area contributed by atoms with Crippen LogP contribution in [-0.4, -0.2) is 12.6 Å². The molecule has 0 unspecified atom stereocenters. The predicted molar refractivity (Wildman–Crippen MR) is 82.4 cm³/mol. The van der Waals surface area contributed by atoms with Crippen LogP contribution in [0.25, 0.3) is 0 Å². The number of halogens is 2. The minimum atomic E-state index is -0.508. The highest BCUT2D eigenvalue weighted by Crippen LogP contribution is 2.19. The summed E-state index contributed by atoms with van der Waals surface area (Å²) in [6.45, 7) is 0.531. The third-order valence-corrected chi connectivity index (χ3v) is 3.66. The van der Waals surface area contributed by atoms with Crippen LogP contribution in [-0.2, 0) is 17.8 Å². The minimum Gasteiger partial charge on any atom is -0.445 e. The molecule has 110 valence electrons. The van der Waals surface area contributed by atoms with E-state index in [0.717, 1.165) is 5.56 Å². The van der Waals surface area contributed by atoms with Crippen LogP contribution < -0.4 is 5.32 Å². The summed E-state index contributed by atoms with van der Waals surface area (Å²) < 4.78 is 19.3. The number of ether oxygens (including phenoxy) is 1. The van der Waals surface area contributed by atoms with Gasteiger partial charge in [0.25, 0.3) is 0 Å². The largest absolute Gasteiger partial charge is 0.445 e. The molecule has 5 heteroatoms. The molecule has 0 fully saturated rings. The summed E-state index contributed by atoms with van der Waals surface area (Å²) in [5.74, 6) is -0.288. The van der Waals surface area contributed by atoms with Crippen molar-refractivity contribution in [3.63, 3.8) is 0 Å². The minimum absolute atomic E-state index is 0.218. The molecule has 0 aliphatic heterocycles. The summed E-state index contributed by atoms with van der Waals surface area (Å²) in [5.41, 5.74) is 1.46. The van der Waals surface area contributed by atoms with Crippen molar-refractivity contribution in [3.8, 4) is 0 Å². The molecule has 0 bridgehead atoms. The fourth-order valence-corrected chi connectivity index (χ4v) is 2.38. The summed E-state index contributed by atoms with van der Waals surface area (Å²) in [6.07, 6.45) is -0.112. The van der Waals surface area contributed by atoms with Gasteiger partial charge in [-0.25, -0.2) is 9.18 Å². The molecule has 0 heterocycles. The Morgan fingerprint density at radius 2 is 1.90 bits per heavy atom. The van der Waals surface area contributed by atoms with E-state index in [-0.39, 0.29) is 12.4 Å². The normalized spacial score (nSPS) is 10.2. The molecule has 1 amide bonds. The van der Waals surface area contributed by atoms with Crippen molar-refractivity contribution < 1.29 is 13.9 Å². The maximum atomic E-state index is 13.6. The highest BCUT2D eigenvalue weighted by atomic mass is 79.9. The maximum Gasteiger partial charge on any atom is 0.407 e. The van der Waals surface area contributed by atoms with Crippen LogP contribution in [0.3, 0.4) is 0 Å². The molecule has 2 aromatic carbocycles. The molecule has 3 nitrogen and oxygen atoms in total. The number of benzene rings is 2. The molecule has 0 aliphatic rings. The van der Waals surface area contributed by atoms with E-state index in [1.165, 1.54) is 6.07 Å². The van der Waals surface area contributed by atoms with E-state index in [4.69, 9.17) is 4.74 Å². The first-order valence-corrected chi connectivity index (χ1v) is 7.33. The molecule has 0 radical (unpaired) electrons. The number of nitrogens with one attached hydrogen (secondary N) is 1. The van der Waals surface area contributed by atoms with Gasteiger partial charge in [-0.15, -0.1) is 0 Å². The number of carbonyl (C=O) groups excluding carboxylic acids is 1. The van der Waals surface area contributed by atoms with Crippen molar-refractivity contribution in [2.45, 2.75) is 13.0 Å². The Labute approximate surface area is 131 Å². The summed E-state index contributed by atoms with van der Waals surface area (Å²) >= 11 is 3.29. The van der Waals surface area contributed by atoms with Crippen molar-refractivity contribution in [2.75, 3.05) is 6.54 Å². The summed E-state index contributed by atoms with van der Waals surface area (Å²) in [7, 11) is 0. The summed E-state index contributed by atoms with van der Waals surface area (Å²) in [5, 5.41) is 2.61. The molecule has 0 spiro atoms. The molecule has 21 heavy (non-hydrogen) atoms. The van der Waals surface area contributed by atoms with E-state index in [1.807, 2.05) is 30.3 Å². The van der Waals surface area contributed by atoms with Crippen LogP contribution in [0.2, 0.25) is 0 Å². The van der Waals surface area contributed by atoms with Gasteiger partial charge >= 0.3 is 6.09 Å². The summed E-state index contributed by atoms with van der Waals surface area (Å²) in [4.78, 5) is 11.5. The lowest BCUT2D eigenvalue weighted by molar-refractivity contribution is 0.140. The van der Waals surface area contributed by atoms with Crippen LogP contribution in [0.1, 0.15) is 11.1 Å². The number of hydrogen-bond donors (Lipinski definition) is 1. The third-order valence-electron chi connectivity index (χ3n) is 2.92. The fourth-order valence-electron chi connectivity index (χ4n) is 1.83. The van der Waals surface area contributed by atoms with Crippen LogP contribution in [0, 0.1) is 5.82 Å². The number of alkyl carbamates (subject to hydrolysis) is 1. The monoisotopic (exact) mass is 351 g/mol. The Morgan fingerprint density at radius 3 is 2.62 bits per heavy atom. The smallest absolute Gasteiger partial charge is 0.407 e. The third kappa shape index (κ3) is 4.86. The molecule has 0 aromatic heterocycles. The average molecular weight is 352 g/mol. The van der Waals surface area contributed by atoms with Crippen LogP contribution in [0.5, 0.6) is 0 Å². The first-order chi connectivity index (χ1) is 10.2. The standard InChI is InChI=1S/C16H15BrFNO2/c17-14-7-4-8-15(18)13(14)9-10-19-16(20)21-11-12-5-2-1-3-6-12/h1-8H,9-11H2,(H,19,20). The zero-order valence-corrected chi connectivity index (χ0v) is 12.9. The van der Waals surface area contributed by atoms with Gasteiger partial charge in [0, 0.05) is 16.6 Å². The molecule has 0 saturated carbocycles. The van der Waals surface area contributed by atoms with Gasteiger partial charge in [-0.05, 0) is 24.1 Å². The van der Waals surface area contributed by atoms with Crippen molar-refractivity contribution >= 4 is 22.0 Å². The number of rotatable bonds is 5. The van der Waals surface area contributed by atoms with Crippen molar-refractivity contribution in [2.24, 2.45) is 0 Å². The molecule has 0 atom stereocenters. The Morgan fingerprint density at radius 1 is 1.14 bits per heavy atom. The van der Waals surface area contributed by atoms with Crippen molar-refractivity contribution in [3.05, 3.63) is 69.9 Å². The van der Waals surface area contributed by atoms with Gasteiger partial charge < -0.3 is 10.1 Å². The maximum absolute atomic E-state index is 13.6. The molecule has 0 saturated heterocycles. The fraction of sp³-hybridized carbons (Fsp3) is 0.188. The SMILES string of the molecule is O=C(NCCc1c(F)cccc1Br)OCc1ccccc1. The van der Waals surface area contributed by atoms with Gasteiger partial charge in [-0.3, -0.25) is 0 Å². The Balaban J connectivity index is 1.75. The van der Waals surface area contributed by atoms with Crippen LogP contribution in [0.15, 0.2) is 53.0 Å². The predicted octanol–water partition coefficient (Wildman–Crippen LogP) is 4.06. The Bertz CT molecular complexity index is 584. The lowest BCUT2D eigenvalue weighted by Crippen LogP contribution is -2.26. The molecular weight excluding hydrogens is 337 g/mol. The van der Waals surface area contributed by atoms with Crippen LogP contribution in [0.4, 0.5) is 9.18 Å². The molecule has 1 N–H and O–H groups in total. The van der Waals surface area contributed by atoms with Gasteiger partial charge in [0.05, 0.1) is 0 Å². The second-order valence-corrected chi connectivity index (χ2v) is 5.29. The highest BCUT2D eigenvalue weighted by molar-refractivity contribution is 9.10. The summed E-state index contributed by atoms with van der Waals surface area (Å²) in [6, 6.07) is 14.2. The second-order valence-electron chi connectivity index (χ2n) is 4.44. The van der Waals surface area contributed by atoms with Crippen molar-refractivity contribution in [1.29, 1.82) is 0 Å².